The Morgan fingerprint density at radius 2 is 1.00 bits per heavy atom. The molecule has 0 atom stereocenters. The molecule has 0 aliphatic rings. The third-order valence-corrected chi connectivity index (χ3v) is 0. The molecule has 4 nitrogen and oxygen atoms in total. The molecule has 0 aliphatic carbocycles. The van der Waals surface area contributed by atoms with E-state index in [1.165, 1.54) is 13.8 Å². The molecule has 0 aromatic heterocycles. The van der Waals surface area contributed by atoms with Crippen LogP contribution in [0.3, 0.4) is 0 Å². The Kier molecular flexibility index (Phi) is 18.5. The summed E-state index contributed by atoms with van der Waals surface area (Å²) in [6, 6.07) is 0. The van der Waals surface area contributed by atoms with Crippen molar-refractivity contribution in [2.24, 2.45) is 0 Å². The molecule has 0 saturated heterocycles. The van der Waals surface area contributed by atoms with Gasteiger partial charge in [-0.15, -0.1) is 0 Å². The molecule has 0 aromatic carbocycles. The summed E-state index contributed by atoms with van der Waals surface area (Å²) in [7, 11) is 0. The molecule has 0 aromatic rings. The first-order valence-corrected chi connectivity index (χ1v) is 1.91. The Bertz CT molecular complexity index is 74.6. The molecule has 0 amide bonds. The number of nitrogens with one attached hydrogen (secondary N) is 2. The first kappa shape index (κ1) is 15.8. The summed E-state index contributed by atoms with van der Waals surface area (Å²) in [6.07, 6.45) is 0. The predicted molar refractivity (Wildman–Crippen MR) is 26.8 cm³/mol. The average molecular weight is 219 g/mol. The quantitative estimate of drug-likeness (QED) is 0.300. The van der Waals surface area contributed by atoms with Crippen LogP contribution in [0.15, 0.2) is 0 Å². The normalized spacial score (nSPS) is 5.56. The van der Waals surface area contributed by atoms with Gasteiger partial charge in [0.05, 0.1) is 0 Å². The van der Waals surface area contributed by atoms with Crippen molar-refractivity contribution in [3.05, 3.63) is 0 Å². The third kappa shape index (κ3) is 1230. The summed E-state index contributed by atoms with van der Waals surface area (Å²) in [6.45, 7) is 2.39. The van der Waals surface area contributed by atoms with E-state index < -0.39 is 11.8 Å². The van der Waals surface area contributed by atoms with E-state index in [1.807, 2.05) is 0 Å². The average Bonchev–Trinajstić information content (AvgIpc) is 1.25. The molecular formula is C4H8N2O2Rh. The van der Waals surface area contributed by atoms with E-state index in [4.69, 9.17) is 21.0 Å². The molecule has 0 saturated carbocycles. The van der Waals surface area contributed by atoms with Gasteiger partial charge in [0.25, 0.3) is 0 Å². The van der Waals surface area contributed by atoms with E-state index in [1.54, 1.807) is 0 Å². The van der Waals surface area contributed by atoms with E-state index >= 15 is 0 Å². The monoisotopic (exact) mass is 219 g/mol. The first-order chi connectivity index (χ1) is 3.46. The fraction of sp³-hybridized carbons (Fsp3) is 0.500. The van der Waals surface area contributed by atoms with Crippen molar-refractivity contribution in [3.63, 3.8) is 0 Å². The Morgan fingerprint density at radius 1 is 1.00 bits per heavy atom. The topological polar surface area (TPSA) is 93.8 Å². The summed E-state index contributed by atoms with van der Waals surface area (Å²) in [4.78, 5) is 0. The Hall–Kier alpha value is -0.437. The third-order valence-electron chi connectivity index (χ3n) is 0. The van der Waals surface area contributed by atoms with Crippen molar-refractivity contribution >= 4 is 11.8 Å². The van der Waals surface area contributed by atoms with Gasteiger partial charge in [-0.3, -0.25) is 0 Å². The second-order valence-electron chi connectivity index (χ2n) is 1.11. The minimum Gasteiger partial charge on any atom is -0.862 e. The minimum atomic E-state index is -0.583. The van der Waals surface area contributed by atoms with Crippen molar-refractivity contribution in [1.29, 1.82) is 10.8 Å². The van der Waals surface area contributed by atoms with Crippen LogP contribution in [0.4, 0.5) is 0 Å². The van der Waals surface area contributed by atoms with Crippen molar-refractivity contribution in [2.45, 2.75) is 13.8 Å². The van der Waals surface area contributed by atoms with Crippen LogP contribution >= 0.6 is 0 Å². The van der Waals surface area contributed by atoms with E-state index in [9.17, 15) is 0 Å². The molecule has 9 heavy (non-hydrogen) atoms. The first-order valence-electron chi connectivity index (χ1n) is 1.91. The molecule has 0 heterocycles. The van der Waals surface area contributed by atoms with Crippen LogP contribution in [0.2, 0.25) is 0 Å². The zero-order valence-corrected chi connectivity index (χ0v) is 6.79. The zero-order chi connectivity index (χ0) is 7.15. The van der Waals surface area contributed by atoms with Crippen LogP contribution < -0.4 is 10.2 Å². The van der Waals surface area contributed by atoms with Gasteiger partial charge in [0.2, 0.25) is 0 Å². The van der Waals surface area contributed by atoms with Gasteiger partial charge in [-0.25, -0.2) is 0 Å². The van der Waals surface area contributed by atoms with Gasteiger partial charge in [-0.05, 0) is 25.6 Å². The van der Waals surface area contributed by atoms with Crippen molar-refractivity contribution < 1.29 is 29.7 Å². The van der Waals surface area contributed by atoms with Crippen molar-refractivity contribution in [2.75, 3.05) is 0 Å². The van der Waals surface area contributed by atoms with Gasteiger partial charge in [0.15, 0.2) is 0 Å². The van der Waals surface area contributed by atoms with Crippen LogP contribution in [0.25, 0.3) is 0 Å². The molecule has 5 heteroatoms. The number of hydrogen-bond donors (Lipinski definition) is 2. The SMILES string of the molecule is CC(=N)[O-].CC(=N)[O-].[Rh+2]. The molecule has 0 bridgehead atoms. The summed E-state index contributed by atoms with van der Waals surface area (Å²) >= 11 is 0. The second kappa shape index (κ2) is 10.5. The molecule has 2 N–H and O–H groups in total. The number of rotatable bonds is 0. The van der Waals surface area contributed by atoms with Gasteiger partial charge in [-0.1, -0.05) is 0 Å². The Balaban J connectivity index is -0.0000000720. The predicted octanol–water partition coefficient (Wildman–Crippen LogP) is -1.31. The Morgan fingerprint density at radius 3 is 1.00 bits per heavy atom. The van der Waals surface area contributed by atoms with E-state index in [0.29, 0.717) is 0 Å². The van der Waals surface area contributed by atoms with Crippen molar-refractivity contribution in [3.8, 4) is 0 Å². The summed E-state index contributed by atoms with van der Waals surface area (Å²) in [5, 5.41) is 30.1. The molecule has 55 valence electrons. The van der Waals surface area contributed by atoms with Crippen LogP contribution in [0, 0.1) is 10.8 Å². The molecular weight excluding hydrogens is 211 g/mol. The zero-order valence-electron chi connectivity index (χ0n) is 5.15. The molecule has 0 rings (SSSR count). The maximum atomic E-state index is 9.11. The fourth-order valence-corrected chi connectivity index (χ4v) is 0. The van der Waals surface area contributed by atoms with Gasteiger partial charge < -0.3 is 21.0 Å². The maximum Gasteiger partial charge on any atom is 2.00 e. The molecule has 0 unspecified atom stereocenters. The van der Waals surface area contributed by atoms with Crippen molar-refractivity contribution in [1.82, 2.24) is 0 Å². The maximum absolute atomic E-state index is 9.11. The summed E-state index contributed by atoms with van der Waals surface area (Å²) in [5.74, 6) is -1.17. The van der Waals surface area contributed by atoms with Crippen LogP contribution in [-0.4, -0.2) is 11.8 Å². The smallest absolute Gasteiger partial charge is 0.862 e. The van der Waals surface area contributed by atoms with Crippen LogP contribution in [-0.2, 0) is 19.5 Å². The van der Waals surface area contributed by atoms with Crippen LogP contribution in [0.1, 0.15) is 13.8 Å². The van der Waals surface area contributed by atoms with E-state index in [2.05, 4.69) is 0 Å². The minimum absolute atomic E-state index is 0. The van der Waals surface area contributed by atoms with Gasteiger partial charge in [-0.2, -0.15) is 0 Å². The standard InChI is InChI=1S/2C2H5NO.Rh/c2*1-2(3)4;/h2*1H3,(H2,3,4);/q;;+2/p-2. The van der Waals surface area contributed by atoms with Gasteiger partial charge >= 0.3 is 19.5 Å². The Labute approximate surface area is 66.7 Å². The van der Waals surface area contributed by atoms with Crippen LogP contribution in [0.5, 0.6) is 0 Å². The molecule has 1 radical (unpaired) electrons. The number of hydrogen-bond acceptors (Lipinski definition) is 4. The summed E-state index contributed by atoms with van der Waals surface area (Å²) < 4.78 is 0. The fourth-order valence-electron chi connectivity index (χ4n) is 0. The molecule has 0 fully saturated rings. The second-order valence-corrected chi connectivity index (χ2v) is 1.11. The van der Waals surface area contributed by atoms with Gasteiger partial charge in [0.1, 0.15) is 0 Å². The largest absolute Gasteiger partial charge is 2.00 e. The van der Waals surface area contributed by atoms with Gasteiger partial charge in [0, 0.05) is 0 Å². The molecule has 0 aliphatic heterocycles. The van der Waals surface area contributed by atoms with E-state index in [0.717, 1.165) is 0 Å². The molecule has 0 spiro atoms. The van der Waals surface area contributed by atoms with E-state index in [-0.39, 0.29) is 19.5 Å². The summed E-state index contributed by atoms with van der Waals surface area (Å²) in [5.41, 5.74) is 0.